The molecule has 1 N–H and O–H groups in total. The SMILES string of the molecule is CC1=N[C@@H]1C(=O)O. The van der Waals surface area contributed by atoms with Gasteiger partial charge in [0.2, 0.25) is 0 Å². The van der Waals surface area contributed by atoms with Crippen LogP contribution in [0.4, 0.5) is 0 Å². The smallest absolute Gasteiger partial charge is 0.334 e. The Labute approximate surface area is 40.7 Å². The first kappa shape index (κ1) is 4.30. The number of carboxylic acids is 1. The van der Waals surface area contributed by atoms with Gasteiger partial charge >= 0.3 is 5.97 Å². The maximum absolute atomic E-state index is 9.86. The van der Waals surface area contributed by atoms with Gasteiger partial charge in [-0.25, -0.2) is 4.79 Å². The summed E-state index contributed by atoms with van der Waals surface area (Å²) < 4.78 is 0. The molecule has 0 bridgehead atoms. The second-order valence-electron chi connectivity index (χ2n) is 1.51. The lowest BCUT2D eigenvalue weighted by molar-refractivity contribution is -0.135. The first-order valence-corrected chi connectivity index (χ1v) is 1.99. The molecule has 1 rings (SSSR count). The van der Waals surface area contributed by atoms with Crippen LogP contribution >= 0.6 is 0 Å². The average Bonchev–Trinajstić information content (AvgIpc) is 2.17. The molecule has 1 atom stereocenters. The molecule has 0 aromatic heterocycles. The Kier molecular flexibility index (Phi) is 0.648. The minimum absolute atomic E-state index is 0.472. The Morgan fingerprint density at radius 2 is 2.43 bits per heavy atom. The quantitative estimate of drug-likeness (QED) is 0.499. The monoisotopic (exact) mass is 99.0 g/mol. The van der Waals surface area contributed by atoms with Gasteiger partial charge in [0.25, 0.3) is 0 Å². The van der Waals surface area contributed by atoms with Crippen molar-refractivity contribution >= 4 is 11.7 Å². The highest BCUT2D eigenvalue weighted by Gasteiger charge is 2.30. The van der Waals surface area contributed by atoms with Gasteiger partial charge in [0, 0.05) is 5.71 Å². The number of aliphatic carboxylic acids is 1. The number of rotatable bonds is 1. The molecule has 7 heavy (non-hydrogen) atoms. The van der Waals surface area contributed by atoms with Crippen molar-refractivity contribution in [2.24, 2.45) is 4.99 Å². The van der Waals surface area contributed by atoms with Gasteiger partial charge in [0.15, 0.2) is 6.04 Å². The van der Waals surface area contributed by atoms with Crippen molar-refractivity contribution in [2.45, 2.75) is 13.0 Å². The minimum Gasteiger partial charge on any atom is -0.479 e. The summed E-state index contributed by atoms with van der Waals surface area (Å²) in [4.78, 5) is 13.4. The van der Waals surface area contributed by atoms with Crippen molar-refractivity contribution in [1.82, 2.24) is 0 Å². The second-order valence-corrected chi connectivity index (χ2v) is 1.51. The summed E-state index contributed by atoms with van der Waals surface area (Å²) in [6, 6.07) is -0.472. The van der Waals surface area contributed by atoms with E-state index in [-0.39, 0.29) is 0 Å². The molecule has 0 saturated heterocycles. The van der Waals surface area contributed by atoms with Crippen LogP contribution < -0.4 is 0 Å². The number of carboxylic acid groups (broad SMARTS) is 1. The van der Waals surface area contributed by atoms with E-state index in [4.69, 9.17) is 5.11 Å². The molecule has 1 heterocycles. The zero-order valence-corrected chi connectivity index (χ0v) is 3.88. The van der Waals surface area contributed by atoms with Crippen LogP contribution in [-0.2, 0) is 4.79 Å². The molecule has 0 fully saturated rings. The molecule has 1 aliphatic rings. The molecule has 0 aromatic rings. The summed E-state index contributed by atoms with van der Waals surface area (Å²) >= 11 is 0. The zero-order chi connectivity index (χ0) is 5.44. The zero-order valence-electron chi connectivity index (χ0n) is 3.88. The van der Waals surface area contributed by atoms with Crippen molar-refractivity contribution in [3.63, 3.8) is 0 Å². The fourth-order valence-corrected chi connectivity index (χ4v) is 0.400. The number of hydrogen-bond donors (Lipinski definition) is 1. The lowest BCUT2D eigenvalue weighted by Gasteiger charge is -1.77. The molecule has 1 aliphatic heterocycles. The Morgan fingerprint density at radius 1 is 2.00 bits per heavy atom. The fourth-order valence-electron chi connectivity index (χ4n) is 0.400. The van der Waals surface area contributed by atoms with E-state index in [1.807, 2.05) is 0 Å². The third kappa shape index (κ3) is 0.607. The Balaban J connectivity index is 2.39. The maximum Gasteiger partial charge on any atom is 0.334 e. The number of nitrogens with zero attached hydrogens (tertiary/aromatic N) is 1. The van der Waals surface area contributed by atoms with E-state index in [0.29, 0.717) is 0 Å². The van der Waals surface area contributed by atoms with Crippen molar-refractivity contribution in [1.29, 1.82) is 0 Å². The third-order valence-electron chi connectivity index (χ3n) is 0.895. The number of hydrogen-bond acceptors (Lipinski definition) is 2. The van der Waals surface area contributed by atoms with Crippen LogP contribution in [0, 0.1) is 0 Å². The molecule has 0 aliphatic carbocycles. The lowest BCUT2D eigenvalue weighted by Crippen LogP contribution is -2.08. The molecular weight excluding hydrogens is 94.0 g/mol. The molecule has 0 radical (unpaired) electrons. The summed E-state index contributed by atoms with van der Waals surface area (Å²) in [7, 11) is 0. The summed E-state index contributed by atoms with van der Waals surface area (Å²) in [5.41, 5.74) is 0.729. The Bertz CT molecular complexity index is 139. The first-order valence-electron chi connectivity index (χ1n) is 1.99. The number of aliphatic imine (C=N–C) groups is 1. The van der Waals surface area contributed by atoms with E-state index < -0.39 is 12.0 Å². The highest BCUT2D eigenvalue weighted by molar-refractivity contribution is 6.14. The van der Waals surface area contributed by atoms with Crippen LogP contribution in [-0.4, -0.2) is 22.8 Å². The van der Waals surface area contributed by atoms with Gasteiger partial charge in [0.1, 0.15) is 0 Å². The van der Waals surface area contributed by atoms with Gasteiger partial charge in [-0.1, -0.05) is 0 Å². The molecule has 0 saturated carbocycles. The van der Waals surface area contributed by atoms with Crippen molar-refractivity contribution in [2.75, 3.05) is 0 Å². The van der Waals surface area contributed by atoms with Gasteiger partial charge in [-0.2, -0.15) is 0 Å². The van der Waals surface area contributed by atoms with Gasteiger partial charge in [0.05, 0.1) is 0 Å². The summed E-state index contributed by atoms with van der Waals surface area (Å²) in [6.45, 7) is 1.71. The average molecular weight is 99.1 g/mol. The summed E-state index contributed by atoms with van der Waals surface area (Å²) in [6.07, 6.45) is 0. The van der Waals surface area contributed by atoms with Gasteiger partial charge in [-0.3, -0.25) is 4.99 Å². The summed E-state index contributed by atoms with van der Waals surface area (Å²) in [5.74, 6) is -0.836. The van der Waals surface area contributed by atoms with E-state index in [0.717, 1.165) is 5.71 Å². The van der Waals surface area contributed by atoms with E-state index >= 15 is 0 Å². The topological polar surface area (TPSA) is 49.7 Å². The van der Waals surface area contributed by atoms with Crippen LogP contribution in [0.5, 0.6) is 0 Å². The van der Waals surface area contributed by atoms with Crippen LogP contribution in [0.1, 0.15) is 6.92 Å². The van der Waals surface area contributed by atoms with Gasteiger partial charge in [-0.05, 0) is 6.92 Å². The highest BCUT2D eigenvalue weighted by atomic mass is 16.4. The molecule has 3 heteroatoms. The first-order chi connectivity index (χ1) is 3.22. The molecule has 0 amide bonds. The molecule has 3 nitrogen and oxygen atoms in total. The Morgan fingerprint density at radius 3 is 2.43 bits per heavy atom. The van der Waals surface area contributed by atoms with Crippen LogP contribution in [0.25, 0.3) is 0 Å². The number of carbonyl (C=O) groups is 1. The minimum atomic E-state index is -0.836. The van der Waals surface area contributed by atoms with Crippen molar-refractivity contribution in [3.05, 3.63) is 0 Å². The third-order valence-corrected chi connectivity index (χ3v) is 0.895. The molecule has 0 unspecified atom stereocenters. The summed E-state index contributed by atoms with van der Waals surface area (Å²) in [5, 5.41) is 8.11. The normalized spacial score (nSPS) is 26.4. The maximum atomic E-state index is 9.86. The van der Waals surface area contributed by atoms with Crippen molar-refractivity contribution < 1.29 is 9.90 Å². The largest absolute Gasteiger partial charge is 0.479 e. The van der Waals surface area contributed by atoms with E-state index in [9.17, 15) is 4.79 Å². The predicted molar refractivity (Wildman–Crippen MR) is 24.5 cm³/mol. The van der Waals surface area contributed by atoms with Crippen LogP contribution in [0.2, 0.25) is 0 Å². The second kappa shape index (κ2) is 1.05. The molecule has 0 aromatic carbocycles. The van der Waals surface area contributed by atoms with Crippen molar-refractivity contribution in [3.8, 4) is 0 Å². The van der Waals surface area contributed by atoms with E-state index in [1.54, 1.807) is 6.92 Å². The van der Waals surface area contributed by atoms with E-state index in [1.165, 1.54) is 0 Å². The van der Waals surface area contributed by atoms with Crippen LogP contribution in [0.3, 0.4) is 0 Å². The van der Waals surface area contributed by atoms with Gasteiger partial charge < -0.3 is 5.11 Å². The molecule has 0 spiro atoms. The van der Waals surface area contributed by atoms with Crippen LogP contribution in [0.15, 0.2) is 4.99 Å². The molecule has 38 valence electrons. The van der Waals surface area contributed by atoms with E-state index in [2.05, 4.69) is 4.99 Å². The standard InChI is InChI=1S/C4H5NO2/c1-2-3(5-2)4(6)7/h3H,1H3,(H,6,7)/t3-/m0/s1. The fraction of sp³-hybridized carbons (Fsp3) is 0.500. The predicted octanol–water partition coefficient (Wildman–Crippen LogP) is -0.0859. The highest BCUT2D eigenvalue weighted by Crippen LogP contribution is 2.09. The Hall–Kier alpha value is -0.860. The lowest BCUT2D eigenvalue weighted by atomic mass is 10.3. The molecular formula is C4H5NO2. The van der Waals surface area contributed by atoms with Gasteiger partial charge in [-0.15, -0.1) is 0 Å².